The van der Waals surface area contributed by atoms with E-state index in [1.165, 1.54) is 7.11 Å². The van der Waals surface area contributed by atoms with Crippen molar-refractivity contribution in [1.29, 1.82) is 0 Å². The van der Waals surface area contributed by atoms with Gasteiger partial charge in [0.25, 0.3) is 5.91 Å². The molecule has 1 heterocycles. The molecule has 0 aromatic heterocycles. The first-order valence-corrected chi connectivity index (χ1v) is 6.37. The summed E-state index contributed by atoms with van der Waals surface area (Å²) in [4.78, 5) is 13.9. The molecule has 5 nitrogen and oxygen atoms in total. The zero-order valence-electron chi connectivity index (χ0n) is 9.98. The first kappa shape index (κ1) is 13.2. The largest absolute Gasteiger partial charge is 0.504 e. The average molecular weight is 316 g/mol. The lowest BCUT2D eigenvalue weighted by Gasteiger charge is -2.27. The van der Waals surface area contributed by atoms with Crippen molar-refractivity contribution in [3.63, 3.8) is 0 Å². The summed E-state index contributed by atoms with van der Waals surface area (Å²) in [5.41, 5.74) is 0.247. The smallest absolute Gasteiger partial charge is 0.257 e. The van der Waals surface area contributed by atoms with Crippen molar-refractivity contribution < 1.29 is 19.4 Å². The second kappa shape index (κ2) is 5.58. The molecule has 18 heavy (non-hydrogen) atoms. The van der Waals surface area contributed by atoms with Crippen LogP contribution in [0.5, 0.6) is 11.5 Å². The van der Waals surface area contributed by atoms with Gasteiger partial charge in [0, 0.05) is 13.1 Å². The number of carbonyl (C=O) groups is 1. The highest BCUT2D eigenvalue weighted by molar-refractivity contribution is 9.10. The van der Waals surface area contributed by atoms with Crippen LogP contribution >= 0.6 is 15.9 Å². The van der Waals surface area contributed by atoms with Gasteiger partial charge < -0.3 is 19.5 Å². The van der Waals surface area contributed by atoms with Gasteiger partial charge in [-0.1, -0.05) is 0 Å². The minimum absolute atomic E-state index is 0.136. The van der Waals surface area contributed by atoms with E-state index in [1.807, 2.05) is 0 Å². The van der Waals surface area contributed by atoms with E-state index < -0.39 is 0 Å². The number of aromatic hydroxyl groups is 1. The SMILES string of the molecule is COc1c(Br)ccc(C(=O)N2CCOCC2)c1O. The lowest BCUT2D eigenvalue weighted by Crippen LogP contribution is -2.40. The molecule has 0 spiro atoms. The summed E-state index contributed by atoms with van der Waals surface area (Å²) >= 11 is 3.26. The van der Waals surface area contributed by atoms with Gasteiger partial charge in [-0.05, 0) is 28.1 Å². The Hall–Kier alpha value is -1.27. The van der Waals surface area contributed by atoms with Crippen LogP contribution in [-0.4, -0.2) is 49.3 Å². The van der Waals surface area contributed by atoms with E-state index >= 15 is 0 Å². The molecule has 6 heteroatoms. The van der Waals surface area contributed by atoms with Crippen molar-refractivity contribution >= 4 is 21.8 Å². The van der Waals surface area contributed by atoms with E-state index in [1.54, 1.807) is 17.0 Å². The minimum Gasteiger partial charge on any atom is -0.504 e. The maximum atomic E-state index is 12.2. The molecule has 1 aromatic carbocycles. The summed E-state index contributed by atoms with van der Waals surface area (Å²) in [6.45, 7) is 2.13. The molecular weight excluding hydrogens is 302 g/mol. The third-order valence-electron chi connectivity index (χ3n) is 2.82. The standard InChI is InChI=1S/C12H14BrNO4/c1-17-11-9(13)3-2-8(10(11)15)12(16)14-4-6-18-7-5-14/h2-3,15H,4-7H2,1H3. The van der Waals surface area contributed by atoms with E-state index in [4.69, 9.17) is 9.47 Å². The minimum atomic E-state index is -0.207. The van der Waals surface area contributed by atoms with Crippen LogP contribution in [0.25, 0.3) is 0 Å². The number of ether oxygens (including phenoxy) is 2. The predicted octanol–water partition coefficient (Wildman–Crippen LogP) is 1.64. The van der Waals surface area contributed by atoms with Gasteiger partial charge >= 0.3 is 0 Å². The Morgan fingerprint density at radius 3 is 2.72 bits per heavy atom. The lowest BCUT2D eigenvalue weighted by molar-refractivity contribution is 0.0300. The molecule has 1 amide bonds. The zero-order chi connectivity index (χ0) is 13.1. The topological polar surface area (TPSA) is 59.0 Å². The summed E-state index contributed by atoms with van der Waals surface area (Å²) in [5, 5.41) is 10.0. The lowest BCUT2D eigenvalue weighted by atomic mass is 10.1. The van der Waals surface area contributed by atoms with Crippen molar-refractivity contribution in [2.24, 2.45) is 0 Å². The fourth-order valence-electron chi connectivity index (χ4n) is 1.85. The summed E-state index contributed by atoms with van der Waals surface area (Å²) in [5.74, 6) is -0.0703. The van der Waals surface area contributed by atoms with E-state index in [0.29, 0.717) is 30.8 Å². The number of phenols is 1. The van der Waals surface area contributed by atoms with Gasteiger partial charge in [0.15, 0.2) is 11.5 Å². The van der Waals surface area contributed by atoms with Crippen LogP contribution < -0.4 is 4.74 Å². The van der Waals surface area contributed by atoms with Crippen molar-refractivity contribution in [3.8, 4) is 11.5 Å². The van der Waals surface area contributed by atoms with Crippen LogP contribution in [0.4, 0.5) is 0 Å². The Labute approximate surface area is 113 Å². The molecule has 1 fully saturated rings. The van der Waals surface area contributed by atoms with E-state index in [0.717, 1.165) is 0 Å². The molecule has 0 radical (unpaired) electrons. The van der Waals surface area contributed by atoms with Crippen LogP contribution in [-0.2, 0) is 4.74 Å². The van der Waals surface area contributed by atoms with E-state index in [2.05, 4.69) is 15.9 Å². The number of hydrogen-bond donors (Lipinski definition) is 1. The second-order valence-electron chi connectivity index (χ2n) is 3.88. The Kier molecular flexibility index (Phi) is 4.08. The molecule has 1 aliphatic rings. The number of carbonyl (C=O) groups excluding carboxylic acids is 1. The first-order valence-electron chi connectivity index (χ1n) is 5.57. The summed E-state index contributed by atoms with van der Waals surface area (Å²) < 4.78 is 10.9. The number of morpholine rings is 1. The molecular formula is C12H14BrNO4. The monoisotopic (exact) mass is 315 g/mol. The molecule has 0 atom stereocenters. The fourth-order valence-corrected chi connectivity index (χ4v) is 2.33. The number of nitrogens with zero attached hydrogens (tertiary/aromatic N) is 1. The second-order valence-corrected chi connectivity index (χ2v) is 4.74. The van der Waals surface area contributed by atoms with Gasteiger partial charge in [-0.15, -0.1) is 0 Å². The van der Waals surface area contributed by atoms with Crippen molar-refractivity contribution in [3.05, 3.63) is 22.2 Å². The van der Waals surface area contributed by atoms with Gasteiger partial charge in [0.05, 0.1) is 30.4 Å². The number of benzene rings is 1. The maximum Gasteiger partial charge on any atom is 0.257 e. The Morgan fingerprint density at radius 1 is 1.44 bits per heavy atom. The Bertz CT molecular complexity index is 458. The van der Waals surface area contributed by atoms with Gasteiger partial charge in [0.2, 0.25) is 0 Å². The van der Waals surface area contributed by atoms with Crippen molar-refractivity contribution in [2.75, 3.05) is 33.4 Å². The van der Waals surface area contributed by atoms with Crippen LogP contribution in [0, 0.1) is 0 Å². The summed E-state index contributed by atoms with van der Waals surface area (Å²) in [6, 6.07) is 3.27. The fraction of sp³-hybridized carbons (Fsp3) is 0.417. The van der Waals surface area contributed by atoms with Gasteiger partial charge in [-0.2, -0.15) is 0 Å². The highest BCUT2D eigenvalue weighted by atomic mass is 79.9. The Balaban J connectivity index is 2.30. The number of methoxy groups -OCH3 is 1. The van der Waals surface area contributed by atoms with Crippen LogP contribution in [0.1, 0.15) is 10.4 Å². The quantitative estimate of drug-likeness (QED) is 0.901. The highest BCUT2D eigenvalue weighted by Gasteiger charge is 2.23. The molecule has 1 aromatic rings. The molecule has 0 saturated carbocycles. The first-order chi connectivity index (χ1) is 8.65. The Morgan fingerprint density at radius 2 is 2.11 bits per heavy atom. The van der Waals surface area contributed by atoms with Gasteiger partial charge in [-0.25, -0.2) is 0 Å². The van der Waals surface area contributed by atoms with Crippen LogP contribution in [0.3, 0.4) is 0 Å². The number of amides is 1. The van der Waals surface area contributed by atoms with Crippen molar-refractivity contribution in [1.82, 2.24) is 4.90 Å². The number of phenolic OH excluding ortho intramolecular Hbond substituents is 1. The normalized spacial score (nSPS) is 15.6. The third kappa shape index (κ3) is 2.44. The number of hydrogen-bond acceptors (Lipinski definition) is 4. The number of rotatable bonds is 2. The predicted molar refractivity (Wildman–Crippen MR) is 69.1 cm³/mol. The highest BCUT2D eigenvalue weighted by Crippen LogP contribution is 2.37. The molecule has 1 saturated heterocycles. The molecule has 0 bridgehead atoms. The molecule has 1 N–H and O–H groups in total. The van der Waals surface area contributed by atoms with E-state index in [-0.39, 0.29) is 23.0 Å². The molecule has 1 aliphatic heterocycles. The maximum absolute atomic E-state index is 12.2. The molecule has 0 aliphatic carbocycles. The van der Waals surface area contributed by atoms with Gasteiger partial charge in [0.1, 0.15) is 0 Å². The summed E-state index contributed by atoms with van der Waals surface area (Å²) in [6.07, 6.45) is 0. The zero-order valence-corrected chi connectivity index (χ0v) is 11.6. The van der Waals surface area contributed by atoms with E-state index in [9.17, 15) is 9.90 Å². The number of halogens is 1. The molecule has 98 valence electrons. The van der Waals surface area contributed by atoms with Crippen LogP contribution in [0.15, 0.2) is 16.6 Å². The van der Waals surface area contributed by atoms with Gasteiger partial charge in [-0.3, -0.25) is 4.79 Å². The summed E-state index contributed by atoms with van der Waals surface area (Å²) in [7, 11) is 1.45. The molecule has 2 rings (SSSR count). The van der Waals surface area contributed by atoms with Crippen LogP contribution in [0.2, 0.25) is 0 Å². The van der Waals surface area contributed by atoms with Crippen molar-refractivity contribution in [2.45, 2.75) is 0 Å². The third-order valence-corrected chi connectivity index (χ3v) is 3.44. The molecule has 0 unspecified atom stereocenters. The average Bonchev–Trinajstić information content (AvgIpc) is 2.40.